The van der Waals surface area contributed by atoms with E-state index >= 15 is 0 Å². The molecule has 1 unspecified atom stereocenters. The van der Waals surface area contributed by atoms with Gasteiger partial charge in [-0.05, 0) is 18.1 Å². The van der Waals surface area contributed by atoms with Crippen LogP contribution < -0.4 is 11.1 Å². The molecule has 0 radical (unpaired) electrons. The molecular formula is C13H19N5. The fourth-order valence-electron chi connectivity index (χ4n) is 1.58. The van der Waals surface area contributed by atoms with Crippen LogP contribution in [0.15, 0.2) is 30.3 Å². The summed E-state index contributed by atoms with van der Waals surface area (Å²) in [4.78, 5) is 4.39. The SMILES string of the molecule is CC(C)C(N)c1n[nH]c(CNc2ccccc2)n1. The molecule has 2 aromatic rings. The number of anilines is 1. The van der Waals surface area contributed by atoms with Crippen LogP contribution in [0.1, 0.15) is 31.5 Å². The number of aromatic amines is 1. The number of nitrogens with zero attached hydrogens (tertiary/aromatic N) is 2. The second-order valence-electron chi connectivity index (χ2n) is 4.63. The van der Waals surface area contributed by atoms with E-state index in [2.05, 4.69) is 34.3 Å². The van der Waals surface area contributed by atoms with Gasteiger partial charge in [-0.3, -0.25) is 5.10 Å². The van der Waals surface area contributed by atoms with E-state index in [0.717, 1.165) is 11.5 Å². The zero-order chi connectivity index (χ0) is 13.0. The summed E-state index contributed by atoms with van der Waals surface area (Å²) >= 11 is 0. The van der Waals surface area contributed by atoms with Crippen LogP contribution in [0, 0.1) is 5.92 Å². The number of nitrogens with two attached hydrogens (primary N) is 1. The molecule has 96 valence electrons. The summed E-state index contributed by atoms with van der Waals surface area (Å²) in [6, 6.07) is 9.87. The highest BCUT2D eigenvalue weighted by Gasteiger charge is 2.15. The van der Waals surface area contributed by atoms with Gasteiger partial charge < -0.3 is 11.1 Å². The summed E-state index contributed by atoms with van der Waals surface area (Å²) in [5.74, 6) is 1.80. The first-order valence-corrected chi connectivity index (χ1v) is 6.12. The van der Waals surface area contributed by atoms with Gasteiger partial charge >= 0.3 is 0 Å². The summed E-state index contributed by atoms with van der Waals surface area (Å²) in [7, 11) is 0. The second kappa shape index (κ2) is 5.64. The Balaban J connectivity index is 1.95. The number of H-pyrrole nitrogens is 1. The van der Waals surface area contributed by atoms with E-state index in [-0.39, 0.29) is 6.04 Å². The van der Waals surface area contributed by atoms with E-state index in [0.29, 0.717) is 18.3 Å². The molecule has 1 aromatic heterocycles. The van der Waals surface area contributed by atoms with Crippen LogP contribution in [0.5, 0.6) is 0 Å². The maximum atomic E-state index is 5.99. The van der Waals surface area contributed by atoms with Gasteiger partial charge in [-0.25, -0.2) is 4.98 Å². The maximum Gasteiger partial charge on any atom is 0.167 e. The lowest BCUT2D eigenvalue weighted by molar-refractivity contribution is 0.491. The van der Waals surface area contributed by atoms with Crippen molar-refractivity contribution in [2.24, 2.45) is 11.7 Å². The summed E-state index contributed by atoms with van der Waals surface area (Å²) in [6.45, 7) is 4.73. The Bertz CT molecular complexity index is 477. The Morgan fingerprint density at radius 3 is 2.67 bits per heavy atom. The minimum atomic E-state index is -0.119. The van der Waals surface area contributed by atoms with Crippen LogP contribution >= 0.6 is 0 Å². The highest BCUT2D eigenvalue weighted by molar-refractivity contribution is 5.42. The van der Waals surface area contributed by atoms with Crippen LogP contribution in [0.3, 0.4) is 0 Å². The molecular weight excluding hydrogens is 226 g/mol. The molecule has 0 bridgehead atoms. The van der Waals surface area contributed by atoms with Gasteiger partial charge in [-0.15, -0.1) is 0 Å². The molecule has 0 aliphatic carbocycles. The van der Waals surface area contributed by atoms with Gasteiger partial charge in [0.2, 0.25) is 0 Å². The minimum Gasteiger partial charge on any atom is -0.378 e. The molecule has 0 aliphatic heterocycles. The number of nitrogens with one attached hydrogen (secondary N) is 2. The van der Waals surface area contributed by atoms with Crippen molar-refractivity contribution in [1.29, 1.82) is 0 Å². The quantitative estimate of drug-likeness (QED) is 0.753. The zero-order valence-corrected chi connectivity index (χ0v) is 10.7. The van der Waals surface area contributed by atoms with E-state index in [1.807, 2.05) is 30.3 Å². The van der Waals surface area contributed by atoms with E-state index in [9.17, 15) is 0 Å². The zero-order valence-electron chi connectivity index (χ0n) is 10.7. The molecule has 5 heteroatoms. The molecule has 0 aliphatic rings. The third-order valence-electron chi connectivity index (χ3n) is 2.80. The third kappa shape index (κ3) is 3.07. The summed E-state index contributed by atoms with van der Waals surface area (Å²) in [5.41, 5.74) is 7.05. The molecule has 1 aromatic carbocycles. The van der Waals surface area contributed by atoms with Gasteiger partial charge in [0.25, 0.3) is 0 Å². The van der Waals surface area contributed by atoms with E-state index in [1.54, 1.807) is 0 Å². The highest BCUT2D eigenvalue weighted by atomic mass is 15.2. The Kier molecular flexibility index (Phi) is 3.94. The van der Waals surface area contributed by atoms with Crippen molar-refractivity contribution in [3.8, 4) is 0 Å². The molecule has 0 fully saturated rings. The van der Waals surface area contributed by atoms with Gasteiger partial charge in [0.05, 0.1) is 12.6 Å². The van der Waals surface area contributed by atoms with Gasteiger partial charge in [0, 0.05) is 5.69 Å². The normalized spacial score (nSPS) is 12.7. The molecule has 0 amide bonds. The molecule has 0 saturated carbocycles. The maximum absolute atomic E-state index is 5.99. The third-order valence-corrected chi connectivity index (χ3v) is 2.80. The van der Waals surface area contributed by atoms with Crippen LogP contribution in [-0.2, 0) is 6.54 Å². The van der Waals surface area contributed by atoms with E-state index in [1.165, 1.54) is 0 Å². The second-order valence-corrected chi connectivity index (χ2v) is 4.63. The summed E-state index contributed by atoms with van der Waals surface area (Å²) in [6.07, 6.45) is 0. The lowest BCUT2D eigenvalue weighted by atomic mass is 10.1. The molecule has 4 N–H and O–H groups in total. The lowest BCUT2D eigenvalue weighted by Gasteiger charge is -2.10. The van der Waals surface area contributed by atoms with Crippen molar-refractivity contribution in [3.05, 3.63) is 42.0 Å². The predicted octanol–water partition coefficient (Wildman–Crippen LogP) is 2.07. The van der Waals surface area contributed by atoms with Gasteiger partial charge in [-0.1, -0.05) is 32.0 Å². The molecule has 2 rings (SSSR count). The lowest BCUT2D eigenvalue weighted by Crippen LogP contribution is -2.18. The summed E-state index contributed by atoms with van der Waals surface area (Å²) in [5, 5.41) is 10.3. The van der Waals surface area contributed by atoms with E-state index < -0.39 is 0 Å². The van der Waals surface area contributed by atoms with Gasteiger partial charge in [0.1, 0.15) is 5.82 Å². The van der Waals surface area contributed by atoms with E-state index in [4.69, 9.17) is 5.73 Å². The van der Waals surface area contributed by atoms with Gasteiger partial charge in [-0.2, -0.15) is 5.10 Å². The fraction of sp³-hybridized carbons (Fsp3) is 0.385. The molecule has 5 nitrogen and oxygen atoms in total. The first kappa shape index (κ1) is 12.6. The smallest absolute Gasteiger partial charge is 0.167 e. The predicted molar refractivity (Wildman–Crippen MR) is 71.9 cm³/mol. The average molecular weight is 245 g/mol. The van der Waals surface area contributed by atoms with Crippen molar-refractivity contribution >= 4 is 5.69 Å². The Morgan fingerprint density at radius 2 is 2.00 bits per heavy atom. The van der Waals surface area contributed by atoms with Crippen molar-refractivity contribution in [1.82, 2.24) is 15.2 Å². The fourth-order valence-corrected chi connectivity index (χ4v) is 1.58. The van der Waals surface area contributed by atoms with Crippen LogP contribution in [0.2, 0.25) is 0 Å². The first-order chi connectivity index (χ1) is 8.66. The molecule has 0 saturated heterocycles. The number of rotatable bonds is 5. The highest BCUT2D eigenvalue weighted by Crippen LogP contribution is 2.14. The van der Waals surface area contributed by atoms with Crippen molar-refractivity contribution in [2.45, 2.75) is 26.4 Å². The number of para-hydroxylation sites is 1. The standard InChI is InChI=1S/C13H19N5/c1-9(2)12(14)13-16-11(17-18-13)8-15-10-6-4-3-5-7-10/h3-7,9,12,15H,8,14H2,1-2H3,(H,16,17,18). The van der Waals surface area contributed by atoms with Crippen LogP contribution in [-0.4, -0.2) is 15.2 Å². The Hall–Kier alpha value is -1.88. The first-order valence-electron chi connectivity index (χ1n) is 6.12. The number of hydrogen-bond donors (Lipinski definition) is 3. The number of hydrogen-bond acceptors (Lipinski definition) is 4. The van der Waals surface area contributed by atoms with Crippen molar-refractivity contribution < 1.29 is 0 Å². The van der Waals surface area contributed by atoms with Crippen molar-refractivity contribution in [3.63, 3.8) is 0 Å². The monoisotopic (exact) mass is 245 g/mol. The Morgan fingerprint density at radius 1 is 1.28 bits per heavy atom. The largest absolute Gasteiger partial charge is 0.378 e. The van der Waals surface area contributed by atoms with Crippen LogP contribution in [0.25, 0.3) is 0 Å². The minimum absolute atomic E-state index is 0.119. The molecule has 1 heterocycles. The van der Waals surface area contributed by atoms with Gasteiger partial charge in [0.15, 0.2) is 5.82 Å². The van der Waals surface area contributed by atoms with Crippen LogP contribution in [0.4, 0.5) is 5.69 Å². The topological polar surface area (TPSA) is 79.6 Å². The molecule has 1 atom stereocenters. The van der Waals surface area contributed by atoms with Crippen molar-refractivity contribution in [2.75, 3.05) is 5.32 Å². The summed E-state index contributed by atoms with van der Waals surface area (Å²) < 4.78 is 0. The number of benzene rings is 1. The Labute approximate surface area is 107 Å². The number of aromatic nitrogens is 3. The molecule has 0 spiro atoms. The molecule has 18 heavy (non-hydrogen) atoms. The average Bonchev–Trinajstić information content (AvgIpc) is 2.85.